The van der Waals surface area contributed by atoms with Crippen molar-refractivity contribution in [3.63, 3.8) is 0 Å². The number of benzene rings is 2. The summed E-state index contributed by atoms with van der Waals surface area (Å²) in [4.78, 5) is 36.9. The van der Waals surface area contributed by atoms with Gasteiger partial charge in [0.1, 0.15) is 18.1 Å². The third-order valence-corrected chi connectivity index (χ3v) is 4.99. The second-order valence-corrected chi connectivity index (χ2v) is 7.39. The fourth-order valence-electron chi connectivity index (χ4n) is 2.44. The second-order valence-electron chi connectivity index (χ2n) is 5.96. The maximum Gasteiger partial charge on any atom is 0.293 e. The Labute approximate surface area is 176 Å². The van der Waals surface area contributed by atoms with E-state index in [4.69, 9.17) is 26.8 Å². The van der Waals surface area contributed by atoms with E-state index in [1.165, 1.54) is 0 Å². The first-order valence-electron chi connectivity index (χ1n) is 8.57. The number of carbonyl (C=O) groups excluding carboxylic acids is 3. The van der Waals surface area contributed by atoms with E-state index in [2.05, 4.69) is 0 Å². The number of carbonyl (C=O) groups is 3. The van der Waals surface area contributed by atoms with E-state index in [-0.39, 0.29) is 30.9 Å². The molecule has 0 aromatic heterocycles. The number of rotatable bonds is 8. The van der Waals surface area contributed by atoms with Gasteiger partial charge in [0.2, 0.25) is 0 Å². The molecule has 0 unspecified atom stereocenters. The van der Waals surface area contributed by atoms with Crippen molar-refractivity contribution in [2.24, 2.45) is 5.73 Å². The van der Waals surface area contributed by atoms with Crippen LogP contribution in [0, 0.1) is 0 Å². The lowest BCUT2D eigenvalue weighted by atomic mass is 10.2. The Morgan fingerprint density at radius 2 is 1.66 bits per heavy atom. The van der Waals surface area contributed by atoms with Gasteiger partial charge in [-0.1, -0.05) is 23.7 Å². The molecule has 9 heteroatoms. The summed E-state index contributed by atoms with van der Waals surface area (Å²) in [7, 11) is 0. The maximum atomic E-state index is 12.5. The minimum atomic E-state index is -0.567. The fraction of sp³-hybridized carbons (Fsp3) is 0.150. The van der Waals surface area contributed by atoms with Crippen LogP contribution in [0.2, 0.25) is 5.02 Å². The first-order chi connectivity index (χ1) is 13.9. The van der Waals surface area contributed by atoms with Crippen molar-refractivity contribution in [3.8, 4) is 11.5 Å². The molecule has 0 radical (unpaired) electrons. The van der Waals surface area contributed by atoms with Crippen molar-refractivity contribution >= 4 is 46.5 Å². The number of amides is 3. The van der Waals surface area contributed by atoms with Gasteiger partial charge >= 0.3 is 0 Å². The zero-order chi connectivity index (χ0) is 20.8. The van der Waals surface area contributed by atoms with Crippen molar-refractivity contribution in [1.82, 2.24) is 4.90 Å². The van der Waals surface area contributed by atoms with Crippen LogP contribution in [0.15, 0.2) is 53.4 Å². The number of imide groups is 1. The zero-order valence-corrected chi connectivity index (χ0v) is 16.7. The van der Waals surface area contributed by atoms with Gasteiger partial charge in [0.05, 0.1) is 11.4 Å². The lowest BCUT2D eigenvalue weighted by Crippen LogP contribution is -2.32. The summed E-state index contributed by atoms with van der Waals surface area (Å²) < 4.78 is 10.7. The molecule has 0 aliphatic carbocycles. The van der Waals surface area contributed by atoms with Gasteiger partial charge < -0.3 is 15.2 Å². The van der Waals surface area contributed by atoms with E-state index in [0.29, 0.717) is 21.4 Å². The largest absolute Gasteiger partial charge is 0.492 e. The average Bonchev–Trinajstić information content (AvgIpc) is 2.96. The van der Waals surface area contributed by atoms with E-state index in [9.17, 15) is 14.4 Å². The van der Waals surface area contributed by atoms with Crippen LogP contribution in [0.1, 0.15) is 5.56 Å². The minimum absolute atomic E-state index is 0.143. The molecule has 1 fully saturated rings. The lowest BCUT2D eigenvalue weighted by molar-refractivity contribution is -0.123. The molecule has 2 aromatic rings. The summed E-state index contributed by atoms with van der Waals surface area (Å²) in [5, 5.41) is 0.253. The summed E-state index contributed by atoms with van der Waals surface area (Å²) in [6.45, 7) is 0.111. The van der Waals surface area contributed by atoms with Crippen molar-refractivity contribution in [2.75, 3.05) is 19.8 Å². The topological polar surface area (TPSA) is 98.9 Å². The number of halogens is 1. The number of thioether (sulfide) groups is 1. The predicted molar refractivity (Wildman–Crippen MR) is 111 cm³/mol. The number of primary amides is 1. The Morgan fingerprint density at radius 1 is 1.03 bits per heavy atom. The van der Waals surface area contributed by atoms with Crippen LogP contribution in [0.4, 0.5) is 4.79 Å². The number of ether oxygens (including phenoxy) is 2. The molecule has 29 heavy (non-hydrogen) atoms. The summed E-state index contributed by atoms with van der Waals surface area (Å²) in [5.74, 6) is 0.153. The van der Waals surface area contributed by atoms with Gasteiger partial charge in [0, 0.05) is 5.02 Å². The second kappa shape index (κ2) is 9.49. The molecule has 1 aliphatic heterocycles. The first kappa shape index (κ1) is 20.8. The van der Waals surface area contributed by atoms with Gasteiger partial charge in [0.25, 0.3) is 17.1 Å². The third-order valence-electron chi connectivity index (χ3n) is 3.83. The van der Waals surface area contributed by atoms with Gasteiger partial charge in [-0.05, 0) is 59.8 Å². The maximum absolute atomic E-state index is 12.5. The molecule has 1 heterocycles. The Balaban J connectivity index is 1.57. The Bertz CT molecular complexity index is 944. The van der Waals surface area contributed by atoms with E-state index in [0.717, 1.165) is 22.2 Å². The number of hydrogen-bond donors (Lipinski definition) is 1. The summed E-state index contributed by atoms with van der Waals surface area (Å²) in [5.41, 5.74) is 5.75. The fourth-order valence-corrected chi connectivity index (χ4v) is 3.44. The average molecular weight is 433 g/mol. The van der Waals surface area contributed by atoms with E-state index < -0.39 is 5.91 Å². The van der Waals surface area contributed by atoms with Gasteiger partial charge in [-0.15, -0.1) is 0 Å². The number of hydrogen-bond acceptors (Lipinski definition) is 6. The highest BCUT2D eigenvalue weighted by Gasteiger charge is 2.34. The zero-order valence-electron chi connectivity index (χ0n) is 15.2. The lowest BCUT2D eigenvalue weighted by Gasteiger charge is -2.13. The Morgan fingerprint density at radius 3 is 2.31 bits per heavy atom. The van der Waals surface area contributed by atoms with Crippen LogP contribution in [0.25, 0.3) is 6.08 Å². The van der Waals surface area contributed by atoms with Crippen LogP contribution in [-0.4, -0.2) is 41.7 Å². The molecule has 2 aromatic carbocycles. The highest BCUT2D eigenvalue weighted by Crippen LogP contribution is 2.32. The molecule has 0 atom stereocenters. The van der Waals surface area contributed by atoms with Gasteiger partial charge in [-0.3, -0.25) is 19.3 Å². The van der Waals surface area contributed by atoms with Gasteiger partial charge in [0.15, 0.2) is 6.61 Å². The van der Waals surface area contributed by atoms with E-state index in [1.807, 2.05) is 0 Å². The molecule has 1 saturated heterocycles. The molecule has 150 valence electrons. The first-order valence-corrected chi connectivity index (χ1v) is 9.77. The van der Waals surface area contributed by atoms with E-state index >= 15 is 0 Å². The Hall–Kier alpha value is -2.97. The predicted octanol–water partition coefficient (Wildman–Crippen LogP) is 3.32. The monoisotopic (exact) mass is 432 g/mol. The molecular formula is C20H17ClN2O5S. The number of nitrogens with zero attached hydrogens (tertiary/aromatic N) is 1. The molecule has 3 amide bonds. The molecule has 0 saturated carbocycles. The normalized spacial score (nSPS) is 15.1. The smallest absolute Gasteiger partial charge is 0.293 e. The summed E-state index contributed by atoms with van der Waals surface area (Å²) in [6, 6.07) is 13.6. The molecular weight excluding hydrogens is 416 g/mol. The van der Waals surface area contributed by atoms with Crippen molar-refractivity contribution < 1.29 is 23.9 Å². The molecule has 0 spiro atoms. The van der Waals surface area contributed by atoms with Crippen LogP contribution in [0.5, 0.6) is 11.5 Å². The minimum Gasteiger partial charge on any atom is -0.492 e. The number of nitrogens with two attached hydrogens (primary N) is 1. The van der Waals surface area contributed by atoms with Gasteiger partial charge in [-0.25, -0.2) is 0 Å². The van der Waals surface area contributed by atoms with Crippen LogP contribution in [0.3, 0.4) is 0 Å². The molecule has 7 nitrogen and oxygen atoms in total. The third kappa shape index (κ3) is 5.75. The van der Waals surface area contributed by atoms with Crippen LogP contribution < -0.4 is 15.2 Å². The van der Waals surface area contributed by atoms with Crippen LogP contribution in [-0.2, 0) is 9.59 Å². The molecule has 1 aliphatic rings. The molecule has 0 bridgehead atoms. The highest BCUT2D eigenvalue weighted by molar-refractivity contribution is 8.18. The standard InChI is InChI=1S/C20H17ClN2O5S/c21-14-3-7-15(8-4-14)27-10-9-23-19(25)17(29-20(23)26)11-13-1-5-16(6-2-13)28-12-18(22)24/h1-8,11H,9-10,12H2,(H2,22,24)/b17-11-. The SMILES string of the molecule is NC(=O)COc1ccc(/C=C2\SC(=O)N(CCOc3ccc(Cl)cc3)C2=O)cc1. The Kier molecular flexibility index (Phi) is 6.79. The van der Waals surface area contributed by atoms with Crippen molar-refractivity contribution in [3.05, 3.63) is 64.0 Å². The highest BCUT2D eigenvalue weighted by atomic mass is 35.5. The van der Waals surface area contributed by atoms with Crippen molar-refractivity contribution in [2.45, 2.75) is 0 Å². The summed E-state index contributed by atoms with van der Waals surface area (Å²) >= 11 is 6.70. The molecule has 2 N–H and O–H groups in total. The van der Waals surface area contributed by atoms with Gasteiger partial charge in [-0.2, -0.15) is 0 Å². The van der Waals surface area contributed by atoms with Crippen LogP contribution >= 0.6 is 23.4 Å². The van der Waals surface area contributed by atoms with Crippen molar-refractivity contribution in [1.29, 1.82) is 0 Å². The quantitative estimate of drug-likeness (QED) is 0.642. The van der Waals surface area contributed by atoms with E-state index in [1.54, 1.807) is 54.6 Å². The summed E-state index contributed by atoms with van der Waals surface area (Å²) in [6.07, 6.45) is 1.63. The molecule has 3 rings (SSSR count).